The lowest BCUT2D eigenvalue weighted by Crippen LogP contribution is -2.26. The lowest BCUT2D eigenvalue weighted by atomic mass is 9.80. The fraction of sp³-hybridized carbons (Fsp3) is 0.800. The van der Waals surface area contributed by atoms with Crippen LogP contribution in [0.5, 0.6) is 0 Å². The molecular weight excluding hydrogens is 264 g/mol. The standard InChI is InChI=1S/C15H26N6/c1-11-6-2-3-7-12(11)10-17-14-18-13(16)19-15(20-14)21-8-4-5-9-21/h11-12H,2-10H2,1H3,(H3,16,17,18,19,20). The molecule has 0 amide bonds. The number of nitrogens with zero attached hydrogens (tertiary/aromatic N) is 4. The molecular formula is C15H26N6. The summed E-state index contributed by atoms with van der Waals surface area (Å²) in [7, 11) is 0. The molecule has 0 spiro atoms. The smallest absolute Gasteiger partial charge is 0.231 e. The van der Waals surface area contributed by atoms with Crippen molar-refractivity contribution >= 4 is 17.8 Å². The topological polar surface area (TPSA) is 80.0 Å². The van der Waals surface area contributed by atoms with E-state index in [0.717, 1.165) is 31.5 Å². The van der Waals surface area contributed by atoms with Gasteiger partial charge in [0.25, 0.3) is 0 Å². The van der Waals surface area contributed by atoms with Crippen molar-refractivity contribution < 1.29 is 0 Å². The molecule has 2 heterocycles. The molecule has 2 atom stereocenters. The van der Waals surface area contributed by atoms with E-state index in [2.05, 4.69) is 32.1 Å². The third kappa shape index (κ3) is 3.54. The molecule has 0 radical (unpaired) electrons. The first-order valence-electron chi connectivity index (χ1n) is 8.23. The van der Waals surface area contributed by atoms with Gasteiger partial charge in [-0.3, -0.25) is 0 Å². The summed E-state index contributed by atoms with van der Waals surface area (Å²) in [5, 5.41) is 3.38. The van der Waals surface area contributed by atoms with Crippen LogP contribution >= 0.6 is 0 Å². The highest BCUT2D eigenvalue weighted by Gasteiger charge is 2.22. The second-order valence-corrected chi connectivity index (χ2v) is 6.41. The molecule has 2 fully saturated rings. The third-order valence-electron chi connectivity index (χ3n) is 4.84. The van der Waals surface area contributed by atoms with Gasteiger partial charge in [-0.05, 0) is 31.1 Å². The van der Waals surface area contributed by atoms with Crippen LogP contribution in [-0.4, -0.2) is 34.6 Å². The number of nitrogens with two attached hydrogens (primary N) is 1. The van der Waals surface area contributed by atoms with Crippen molar-refractivity contribution in [2.45, 2.75) is 45.4 Å². The van der Waals surface area contributed by atoms with Crippen molar-refractivity contribution in [1.29, 1.82) is 0 Å². The summed E-state index contributed by atoms with van der Waals surface area (Å²) in [6.07, 6.45) is 7.75. The summed E-state index contributed by atoms with van der Waals surface area (Å²) < 4.78 is 0. The van der Waals surface area contributed by atoms with Crippen molar-refractivity contribution in [3.05, 3.63) is 0 Å². The molecule has 1 saturated heterocycles. The van der Waals surface area contributed by atoms with E-state index in [9.17, 15) is 0 Å². The maximum absolute atomic E-state index is 5.83. The molecule has 0 bridgehead atoms. The molecule has 1 aromatic rings. The Labute approximate surface area is 126 Å². The largest absolute Gasteiger partial charge is 0.368 e. The molecule has 1 aromatic heterocycles. The first-order chi connectivity index (χ1) is 10.2. The molecule has 6 heteroatoms. The molecule has 1 aliphatic heterocycles. The first-order valence-corrected chi connectivity index (χ1v) is 8.23. The average Bonchev–Trinajstić information content (AvgIpc) is 3.00. The van der Waals surface area contributed by atoms with Gasteiger partial charge in [0.05, 0.1) is 0 Å². The molecule has 1 aliphatic carbocycles. The van der Waals surface area contributed by atoms with Crippen LogP contribution in [0.4, 0.5) is 17.8 Å². The highest BCUT2D eigenvalue weighted by molar-refractivity contribution is 5.42. The summed E-state index contributed by atoms with van der Waals surface area (Å²) in [5.41, 5.74) is 5.83. The number of nitrogens with one attached hydrogen (secondary N) is 1. The monoisotopic (exact) mass is 290 g/mol. The quantitative estimate of drug-likeness (QED) is 0.885. The summed E-state index contributed by atoms with van der Waals surface area (Å²) in [5.74, 6) is 3.16. The zero-order valence-electron chi connectivity index (χ0n) is 12.9. The minimum absolute atomic E-state index is 0.311. The van der Waals surface area contributed by atoms with E-state index in [0.29, 0.717) is 17.8 Å². The Kier molecular flexibility index (Phi) is 4.41. The lowest BCUT2D eigenvalue weighted by Gasteiger charge is -2.28. The number of rotatable bonds is 4. The molecule has 0 aromatic carbocycles. The van der Waals surface area contributed by atoms with Crippen LogP contribution in [-0.2, 0) is 0 Å². The van der Waals surface area contributed by atoms with E-state index >= 15 is 0 Å². The van der Waals surface area contributed by atoms with E-state index < -0.39 is 0 Å². The molecule has 6 nitrogen and oxygen atoms in total. The van der Waals surface area contributed by atoms with Crippen molar-refractivity contribution in [3.63, 3.8) is 0 Å². The van der Waals surface area contributed by atoms with Gasteiger partial charge in [0.2, 0.25) is 17.8 Å². The van der Waals surface area contributed by atoms with Gasteiger partial charge in [-0.25, -0.2) is 0 Å². The van der Waals surface area contributed by atoms with Gasteiger partial charge in [0.1, 0.15) is 0 Å². The third-order valence-corrected chi connectivity index (χ3v) is 4.84. The Balaban J connectivity index is 1.64. The second kappa shape index (κ2) is 6.45. The molecule has 3 N–H and O–H groups in total. The fourth-order valence-electron chi connectivity index (χ4n) is 3.44. The highest BCUT2D eigenvalue weighted by atomic mass is 15.3. The van der Waals surface area contributed by atoms with Gasteiger partial charge in [-0.1, -0.05) is 26.2 Å². The minimum atomic E-state index is 0.311. The summed E-state index contributed by atoms with van der Waals surface area (Å²) in [6, 6.07) is 0. The van der Waals surface area contributed by atoms with Gasteiger partial charge in [-0.15, -0.1) is 0 Å². The van der Waals surface area contributed by atoms with Crippen LogP contribution in [0, 0.1) is 11.8 Å². The highest BCUT2D eigenvalue weighted by Crippen LogP contribution is 2.29. The number of hydrogen-bond acceptors (Lipinski definition) is 6. The molecule has 3 rings (SSSR count). The van der Waals surface area contributed by atoms with Gasteiger partial charge < -0.3 is 16.0 Å². The Hall–Kier alpha value is -1.59. The van der Waals surface area contributed by atoms with E-state index in [1.165, 1.54) is 38.5 Å². The van der Waals surface area contributed by atoms with Crippen LogP contribution in [0.15, 0.2) is 0 Å². The molecule has 2 aliphatic rings. The number of anilines is 3. The van der Waals surface area contributed by atoms with Crippen LogP contribution in [0.2, 0.25) is 0 Å². The Morgan fingerprint density at radius 1 is 1.10 bits per heavy atom. The molecule has 116 valence electrons. The summed E-state index contributed by atoms with van der Waals surface area (Å²) >= 11 is 0. The van der Waals surface area contributed by atoms with E-state index in [-0.39, 0.29) is 0 Å². The molecule has 2 unspecified atom stereocenters. The Morgan fingerprint density at radius 2 is 1.86 bits per heavy atom. The number of hydrogen-bond donors (Lipinski definition) is 2. The van der Waals surface area contributed by atoms with Gasteiger partial charge in [0.15, 0.2) is 0 Å². The van der Waals surface area contributed by atoms with Gasteiger partial charge in [-0.2, -0.15) is 15.0 Å². The van der Waals surface area contributed by atoms with Crippen molar-refractivity contribution in [3.8, 4) is 0 Å². The van der Waals surface area contributed by atoms with E-state index in [1.54, 1.807) is 0 Å². The van der Waals surface area contributed by atoms with Crippen molar-refractivity contribution in [2.75, 3.05) is 35.6 Å². The predicted octanol–water partition coefficient (Wildman–Crippen LogP) is 2.29. The fourth-order valence-corrected chi connectivity index (χ4v) is 3.44. The van der Waals surface area contributed by atoms with Gasteiger partial charge in [0, 0.05) is 19.6 Å². The SMILES string of the molecule is CC1CCCCC1CNc1nc(N)nc(N2CCCC2)n1. The second-order valence-electron chi connectivity index (χ2n) is 6.41. The average molecular weight is 290 g/mol. The summed E-state index contributed by atoms with van der Waals surface area (Å²) in [4.78, 5) is 15.2. The van der Waals surface area contributed by atoms with Crippen LogP contribution < -0.4 is 16.0 Å². The Morgan fingerprint density at radius 3 is 2.62 bits per heavy atom. The van der Waals surface area contributed by atoms with Gasteiger partial charge >= 0.3 is 0 Å². The van der Waals surface area contributed by atoms with E-state index in [1.807, 2.05) is 0 Å². The maximum Gasteiger partial charge on any atom is 0.231 e. The zero-order valence-corrected chi connectivity index (χ0v) is 12.9. The van der Waals surface area contributed by atoms with Crippen molar-refractivity contribution in [2.24, 2.45) is 11.8 Å². The van der Waals surface area contributed by atoms with Crippen LogP contribution in [0.25, 0.3) is 0 Å². The molecule has 1 saturated carbocycles. The summed E-state index contributed by atoms with van der Waals surface area (Å²) in [6.45, 7) is 5.32. The Bertz CT molecular complexity index is 471. The lowest BCUT2D eigenvalue weighted by molar-refractivity contribution is 0.268. The van der Waals surface area contributed by atoms with Crippen molar-refractivity contribution in [1.82, 2.24) is 15.0 Å². The first kappa shape index (κ1) is 14.4. The normalized spacial score (nSPS) is 26.0. The zero-order chi connectivity index (χ0) is 14.7. The van der Waals surface area contributed by atoms with E-state index in [4.69, 9.17) is 5.73 Å². The van der Waals surface area contributed by atoms with Crippen LogP contribution in [0.1, 0.15) is 45.4 Å². The minimum Gasteiger partial charge on any atom is -0.368 e. The maximum atomic E-state index is 5.83. The number of nitrogen functional groups attached to an aromatic ring is 1. The molecule has 21 heavy (non-hydrogen) atoms. The number of aromatic nitrogens is 3. The van der Waals surface area contributed by atoms with Crippen LogP contribution in [0.3, 0.4) is 0 Å². The predicted molar refractivity (Wildman–Crippen MR) is 85.3 cm³/mol.